The van der Waals surface area contributed by atoms with Crippen LogP contribution in [-0.2, 0) is 11.2 Å². The Labute approximate surface area is 174 Å². The number of aliphatic hydroxyl groups excluding tert-OH is 1. The average molecular weight is 404 g/mol. The van der Waals surface area contributed by atoms with E-state index in [-0.39, 0.29) is 0 Å². The van der Waals surface area contributed by atoms with Gasteiger partial charge in [0.15, 0.2) is 11.4 Å². The van der Waals surface area contributed by atoms with Crippen LogP contribution in [0.2, 0.25) is 0 Å². The normalized spacial score (nSPS) is 27.3. The average Bonchev–Trinajstić information content (AvgIpc) is 2.71. The van der Waals surface area contributed by atoms with Crippen LogP contribution in [0.5, 0.6) is 0 Å². The molecule has 7 nitrogen and oxygen atoms in total. The van der Waals surface area contributed by atoms with E-state index in [1.54, 1.807) is 4.90 Å². The minimum atomic E-state index is -1.40. The van der Waals surface area contributed by atoms with Gasteiger partial charge in [0.05, 0.1) is 17.5 Å². The molecule has 5 rings (SSSR count). The first-order chi connectivity index (χ1) is 14.3. The Bertz CT molecular complexity index is 1130. The van der Waals surface area contributed by atoms with Crippen molar-refractivity contribution in [3.05, 3.63) is 58.7 Å². The Kier molecular flexibility index (Phi) is 4.02. The first-order valence-electron chi connectivity index (χ1n) is 10.2. The first-order valence-corrected chi connectivity index (χ1v) is 10.2. The molecular formula is C23H24N4O3. The van der Waals surface area contributed by atoms with Gasteiger partial charge >= 0.3 is 6.03 Å². The number of aryl methyl sites for hydroxylation is 3. The number of fused-ring (bicyclic) bond motifs is 3. The number of aliphatic imine (C=N–C) groups is 1. The van der Waals surface area contributed by atoms with E-state index in [4.69, 9.17) is 0 Å². The number of imide groups is 1. The summed E-state index contributed by atoms with van der Waals surface area (Å²) in [6.07, 6.45) is 0.503. The van der Waals surface area contributed by atoms with Gasteiger partial charge in [-0.15, -0.1) is 0 Å². The van der Waals surface area contributed by atoms with Crippen LogP contribution in [0.3, 0.4) is 0 Å². The molecule has 154 valence electrons. The highest BCUT2D eigenvalue weighted by Crippen LogP contribution is 2.48. The molecule has 3 amide bonds. The molecule has 3 aliphatic rings. The molecule has 30 heavy (non-hydrogen) atoms. The van der Waals surface area contributed by atoms with Gasteiger partial charge in [-0.3, -0.25) is 10.1 Å². The summed E-state index contributed by atoms with van der Waals surface area (Å²) < 4.78 is 0. The summed E-state index contributed by atoms with van der Waals surface area (Å²) in [6, 6.07) is 11.2. The molecule has 7 heteroatoms. The monoisotopic (exact) mass is 404 g/mol. The lowest BCUT2D eigenvalue weighted by Gasteiger charge is -2.51. The van der Waals surface area contributed by atoms with Crippen LogP contribution in [-0.4, -0.2) is 41.6 Å². The van der Waals surface area contributed by atoms with E-state index < -0.39 is 29.5 Å². The zero-order valence-corrected chi connectivity index (χ0v) is 17.2. The number of rotatable bonds is 1. The highest BCUT2D eigenvalue weighted by Gasteiger charge is 2.60. The number of likely N-dealkylation sites (N-methyl/N-ethyl adjacent to an activating group) is 1. The van der Waals surface area contributed by atoms with E-state index in [9.17, 15) is 14.7 Å². The van der Waals surface area contributed by atoms with Gasteiger partial charge in [0.1, 0.15) is 0 Å². The molecule has 3 atom stereocenters. The summed E-state index contributed by atoms with van der Waals surface area (Å²) in [5.41, 5.74) is 4.41. The van der Waals surface area contributed by atoms with Crippen molar-refractivity contribution in [2.75, 3.05) is 17.3 Å². The highest BCUT2D eigenvalue weighted by molar-refractivity contribution is 6.30. The summed E-state index contributed by atoms with van der Waals surface area (Å²) in [6.45, 7) is 4.04. The van der Waals surface area contributed by atoms with E-state index in [1.165, 1.54) is 0 Å². The fourth-order valence-electron chi connectivity index (χ4n) is 5.09. The summed E-state index contributed by atoms with van der Waals surface area (Å²) in [5, 5.41) is 16.9. The van der Waals surface area contributed by atoms with Crippen LogP contribution in [0.15, 0.2) is 41.4 Å². The number of aliphatic hydroxyl groups is 1. The molecule has 2 heterocycles. The minimum absolute atomic E-state index is 0.313. The molecule has 0 unspecified atom stereocenters. The van der Waals surface area contributed by atoms with Crippen molar-refractivity contribution in [2.24, 2.45) is 4.99 Å². The number of benzene rings is 2. The SMILES string of the molecule is Cc1cc2c(cc1C)N(C)C1=NC(=O)NC(=O)[C@]1([C@@H]1c3ccccc3CC[C@H]1O)N2. The molecule has 1 aliphatic carbocycles. The second kappa shape index (κ2) is 6.40. The van der Waals surface area contributed by atoms with E-state index in [2.05, 4.69) is 15.6 Å². The maximum absolute atomic E-state index is 13.5. The third-order valence-corrected chi connectivity index (χ3v) is 6.71. The van der Waals surface area contributed by atoms with Crippen molar-refractivity contribution in [3.63, 3.8) is 0 Å². The number of anilines is 2. The quantitative estimate of drug-likeness (QED) is 0.679. The molecule has 0 saturated heterocycles. The van der Waals surface area contributed by atoms with Gasteiger partial charge < -0.3 is 15.3 Å². The van der Waals surface area contributed by atoms with Gasteiger partial charge in [0.2, 0.25) is 0 Å². The predicted molar refractivity (Wildman–Crippen MR) is 115 cm³/mol. The number of carbonyl (C=O) groups excluding carboxylic acids is 2. The van der Waals surface area contributed by atoms with Crippen molar-refractivity contribution in [1.82, 2.24) is 5.32 Å². The number of nitrogens with one attached hydrogen (secondary N) is 2. The maximum Gasteiger partial charge on any atom is 0.349 e. The number of amides is 3. The molecule has 0 fully saturated rings. The maximum atomic E-state index is 13.5. The van der Waals surface area contributed by atoms with E-state index in [0.717, 1.165) is 40.0 Å². The minimum Gasteiger partial charge on any atom is -0.392 e. The fraction of sp³-hybridized carbons (Fsp3) is 0.348. The molecule has 0 bridgehead atoms. The molecule has 0 spiro atoms. The molecule has 2 aromatic carbocycles. The van der Waals surface area contributed by atoms with Crippen molar-refractivity contribution in [2.45, 2.75) is 44.2 Å². The lowest BCUT2D eigenvalue weighted by Crippen LogP contribution is -2.72. The Morgan fingerprint density at radius 2 is 1.90 bits per heavy atom. The second-order valence-corrected chi connectivity index (χ2v) is 8.42. The van der Waals surface area contributed by atoms with Crippen molar-refractivity contribution in [3.8, 4) is 0 Å². The van der Waals surface area contributed by atoms with Crippen LogP contribution in [0.25, 0.3) is 0 Å². The molecular weight excluding hydrogens is 380 g/mol. The third kappa shape index (κ3) is 2.45. The third-order valence-electron chi connectivity index (χ3n) is 6.71. The van der Waals surface area contributed by atoms with Crippen LogP contribution < -0.4 is 15.5 Å². The van der Waals surface area contributed by atoms with Gasteiger partial charge in [-0.2, -0.15) is 4.99 Å². The van der Waals surface area contributed by atoms with Crippen LogP contribution in [0.4, 0.5) is 16.2 Å². The largest absolute Gasteiger partial charge is 0.392 e. The summed E-state index contributed by atoms with van der Waals surface area (Å²) >= 11 is 0. The smallest absolute Gasteiger partial charge is 0.349 e. The van der Waals surface area contributed by atoms with E-state index in [0.29, 0.717) is 12.3 Å². The van der Waals surface area contributed by atoms with Crippen LogP contribution >= 0.6 is 0 Å². The van der Waals surface area contributed by atoms with Gasteiger partial charge in [0.25, 0.3) is 5.91 Å². The fourth-order valence-corrected chi connectivity index (χ4v) is 5.09. The van der Waals surface area contributed by atoms with Crippen LogP contribution in [0.1, 0.15) is 34.6 Å². The Morgan fingerprint density at radius 1 is 1.17 bits per heavy atom. The van der Waals surface area contributed by atoms with E-state index in [1.807, 2.05) is 57.3 Å². The second-order valence-electron chi connectivity index (χ2n) is 8.42. The number of nitrogens with zero attached hydrogens (tertiary/aromatic N) is 2. The summed E-state index contributed by atoms with van der Waals surface area (Å²) in [4.78, 5) is 31.8. The number of hydrogen-bond acceptors (Lipinski definition) is 5. The molecule has 2 aliphatic heterocycles. The molecule has 2 aromatic rings. The lowest BCUT2D eigenvalue weighted by atomic mass is 9.67. The van der Waals surface area contributed by atoms with E-state index >= 15 is 0 Å². The summed E-state index contributed by atoms with van der Waals surface area (Å²) in [5.74, 6) is -0.770. The van der Waals surface area contributed by atoms with Crippen molar-refractivity contribution in [1.29, 1.82) is 0 Å². The number of urea groups is 1. The zero-order valence-electron chi connectivity index (χ0n) is 17.2. The summed E-state index contributed by atoms with van der Waals surface area (Å²) in [7, 11) is 1.81. The standard InChI is InChI=1S/C23H24N4O3/c1-12-10-16-17(11-13(12)2)27(3)20-23(26-16,21(29)25-22(30)24-20)19-15-7-5-4-6-14(15)8-9-18(19)28/h4-7,10-11,18-19,26,28H,8-9H2,1-3H3,(H,25,29,30)/t18-,19-,23-/m1/s1. The molecule has 3 N–H and O–H groups in total. The van der Waals surface area contributed by atoms with Gasteiger partial charge in [-0.25, -0.2) is 4.79 Å². The highest BCUT2D eigenvalue weighted by atomic mass is 16.3. The topological polar surface area (TPSA) is 94.0 Å². The lowest BCUT2D eigenvalue weighted by molar-refractivity contribution is -0.124. The first kappa shape index (κ1) is 18.8. The number of carbonyl (C=O) groups is 2. The number of hydrogen-bond donors (Lipinski definition) is 3. The Hall–Kier alpha value is -3.19. The van der Waals surface area contributed by atoms with Gasteiger partial charge in [-0.05, 0) is 61.1 Å². The molecule has 0 radical (unpaired) electrons. The Balaban J connectivity index is 1.79. The Morgan fingerprint density at radius 3 is 2.70 bits per heavy atom. The zero-order chi connectivity index (χ0) is 21.2. The van der Waals surface area contributed by atoms with Gasteiger partial charge in [0, 0.05) is 13.0 Å². The molecule has 0 saturated carbocycles. The number of amidine groups is 1. The van der Waals surface area contributed by atoms with Crippen molar-refractivity contribution < 1.29 is 14.7 Å². The van der Waals surface area contributed by atoms with Crippen molar-refractivity contribution >= 4 is 29.1 Å². The van der Waals surface area contributed by atoms with Gasteiger partial charge in [-0.1, -0.05) is 24.3 Å². The van der Waals surface area contributed by atoms with Crippen LogP contribution in [0, 0.1) is 13.8 Å². The molecule has 0 aromatic heterocycles. The predicted octanol–water partition coefficient (Wildman–Crippen LogP) is 2.64.